The number of nitrogens with zero attached hydrogens (tertiary/aromatic N) is 3. The molecule has 6 heteroatoms. The third kappa shape index (κ3) is 3.73. The molecule has 2 rings (SSSR count). The smallest absolute Gasteiger partial charge is 0.318 e. The van der Waals surface area contributed by atoms with Gasteiger partial charge >= 0.3 is 6.01 Å². The average Bonchev–Trinajstić information content (AvgIpc) is 2.46. The molecule has 20 heavy (non-hydrogen) atoms. The fraction of sp³-hybridized carbons (Fsp3) is 0.714. The van der Waals surface area contributed by atoms with Gasteiger partial charge < -0.3 is 15.0 Å². The lowest BCUT2D eigenvalue weighted by atomic mass is 9.98. The van der Waals surface area contributed by atoms with Crippen LogP contribution in [0.5, 0.6) is 6.01 Å². The molecule has 1 aliphatic rings. The Balaban J connectivity index is 2.18. The number of ether oxygens (including phenoxy) is 1. The van der Waals surface area contributed by atoms with Crippen LogP contribution in [-0.2, 0) is 0 Å². The van der Waals surface area contributed by atoms with Gasteiger partial charge in [-0.15, -0.1) is 0 Å². The maximum absolute atomic E-state index is 6.27. The molecule has 1 aromatic rings. The minimum absolute atomic E-state index is 0.328. The Morgan fingerprint density at radius 3 is 2.95 bits per heavy atom. The minimum atomic E-state index is 0.328. The summed E-state index contributed by atoms with van der Waals surface area (Å²) in [5.74, 6) is 1.39. The molecular weight excluding hydrogens is 276 g/mol. The van der Waals surface area contributed by atoms with Crippen LogP contribution in [0, 0.1) is 5.92 Å². The summed E-state index contributed by atoms with van der Waals surface area (Å²) >= 11 is 6.27. The second kappa shape index (κ2) is 7.09. The van der Waals surface area contributed by atoms with Crippen LogP contribution in [0.25, 0.3) is 0 Å². The van der Waals surface area contributed by atoms with Gasteiger partial charge in [-0.3, -0.25) is 0 Å². The molecule has 1 fully saturated rings. The molecule has 0 amide bonds. The summed E-state index contributed by atoms with van der Waals surface area (Å²) in [5.41, 5.74) is 0. The fourth-order valence-corrected chi connectivity index (χ4v) is 2.74. The highest BCUT2D eigenvalue weighted by Gasteiger charge is 2.22. The number of nitrogens with one attached hydrogen (secondary N) is 1. The maximum atomic E-state index is 6.27. The molecule has 0 bridgehead atoms. The Kier molecular flexibility index (Phi) is 5.43. The lowest BCUT2D eigenvalue weighted by Crippen LogP contribution is -2.41. The normalized spacial score (nSPS) is 19.1. The van der Waals surface area contributed by atoms with Crippen molar-refractivity contribution in [3.05, 3.63) is 11.2 Å². The first-order valence-electron chi connectivity index (χ1n) is 7.15. The predicted molar refractivity (Wildman–Crippen MR) is 81.7 cm³/mol. The molecule has 0 aliphatic carbocycles. The highest BCUT2D eigenvalue weighted by molar-refractivity contribution is 6.32. The molecule has 1 aliphatic heterocycles. The van der Waals surface area contributed by atoms with Crippen LogP contribution in [0.3, 0.4) is 0 Å². The van der Waals surface area contributed by atoms with E-state index in [1.807, 2.05) is 0 Å². The van der Waals surface area contributed by atoms with Crippen molar-refractivity contribution in [3.63, 3.8) is 0 Å². The summed E-state index contributed by atoms with van der Waals surface area (Å²) < 4.78 is 5.11. The lowest BCUT2D eigenvalue weighted by Gasteiger charge is -2.34. The van der Waals surface area contributed by atoms with E-state index in [4.69, 9.17) is 16.3 Å². The average molecular weight is 299 g/mol. The van der Waals surface area contributed by atoms with Gasteiger partial charge in [0, 0.05) is 12.6 Å². The van der Waals surface area contributed by atoms with Crippen LogP contribution in [0.4, 0.5) is 5.82 Å². The van der Waals surface area contributed by atoms with E-state index in [0.717, 1.165) is 25.5 Å². The molecule has 1 N–H and O–H groups in total. The number of anilines is 1. The topological polar surface area (TPSA) is 50.3 Å². The second-order valence-electron chi connectivity index (χ2n) is 5.49. The number of hydrogen-bond donors (Lipinski definition) is 1. The zero-order chi connectivity index (χ0) is 14.5. The van der Waals surface area contributed by atoms with E-state index in [1.165, 1.54) is 12.8 Å². The fourth-order valence-electron chi connectivity index (χ4n) is 2.54. The van der Waals surface area contributed by atoms with Gasteiger partial charge in [-0.2, -0.15) is 4.98 Å². The Hall–Kier alpha value is -1.07. The van der Waals surface area contributed by atoms with Gasteiger partial charge in [0.15, 0.2) is 5.82 Å². The van der Waals surface area contributed by atoms with Gasteiger partial charge in [0.1, 0.15) is 5.02 Å². The molecule has 112 valence electrons. The van der Waals surface area contributed by atoms with E-state index >= 15 is 0 Å². The Bertz CT molecular complexity index is 435. The van der Waals surface area contributed by atoms with Crippen molar-refractivity contribution in [2.45, 2.75) is 32.7 Å². The maximum Gasteiger partial charge on any atom is 0.318 e. The number of hydrogen-bond acceptors (Lipinski definition) is 5. The van der Waals surface area contributed by atoms with Crippen LogP contribution < -0.4 is 15.0 Å². The Morgan fingerprint density at radius 1 is 1.55 bits per heavy atom. The van der Waals surface area contributed by atoms with E-state index in [0.29, 0.717) is 23.0 Å². The molecule has 1 aromatic heterocycles. The SMILES string of the molecule is COc1ncc(Cl)c(N(CC2CCCNC2)C(C)C)n1. The zero-order valence-corrected chi connectivity index (χ0v) is 13.2. The third-order valence-electron chi connectivity index (χ3n) is 3.64. The van der Waals surface area contributed by atoms with Crippen molar-refractivity contribution >= 4 is 17.4 Å². The molecular formula is C14H23ClN4O. The summed E-state index contributed by atoms with van der Waals surface area (Å²) in [5, 5.41) is 4.02. The number of methoxy groups -OCH3 is 1. The van der Waals surface area contributed by atoms with Crippen molar-refractivity contribution in [3.8, 4) is 6.01 Å². The largest absolute Gasteiger partial charge is 0.467 e. The van der Waals surface area contributed by atoms with Gasteiger partial charge in [0.2, 0.25) is 0 Å². The molecule has 1 atom stereocenters. The molecule has 0 aromatic carbocycles. The number of halogens is 1. The molecule has 0 radical (unpaired) electrons. The van der Waals surface area contributed by atoms with Crippen LogP contribution in [-0.4, -0.2) is 42.8 Å². The van der Waals surface area contributed by atoms with Crippen molar-refractivity contribution in [2.75, 3.05) is 31.6 Å². The molecule has 0 saturated carbocycles. The Morgan fingerprint density at radius 2 is 2.35 bits per heavy atom. The molecule has 2 heterocycles. The van der Waals surface area contributed by atoms with Crippen LogP contribution >= 0.6 is 11.6 Å². The molecule has 1 saturated heterocycles. The van der Waals surface area contributed by atoms with Gasteiger partial charge in [0.25, 0.3) is 0 Å². The summed E-state index contributed by atoms with van der Waals surface area (Å²) in [7, 11) is 1.57. The highest BCUT2D eigenvalue weighted by Crippen LogP contribution is 2.27. The first-order valence-corrected chi connectivity index (χ1v) is 7.53. The number of aromatic nitrogens is 2. The van der Waals surface area contributed by atoms with Gasteiger partial charge in [-0.25, -0.2) is 4.98 Å². The quantitative estimate of drug-likeness (QED) is 0.904. The molecule has 1 unspecified atom stereocenters. The first kappa shape index (κ1) is 15.3. The van der Waals surface area contributed by atoms with E-state index in [1.54, 1.807) is 13.3 Å². The van der Waals surface area contributed by atoms with E-state index < -0.39 is 0 Å². The summed E-state index contributed by atoms with van der Waals surface area (Å²) in [4.78, 5) is 10.7. The summed E-state index contributed by atoms with van der Waals surface area (Å²) in [6, 6.07) is 0.686. The van der Waals surface area contributed by atoms with Gasteiger partial charge in [0.05, 0.1) is 13.3 Å². The first-order chi connectivity index (χ1) is 9.61. The van der Waals surface area contributed by atoms with Gasteiger partial charge in [-0.05, 0) is 45.7 Å². The van der Waals surface area contributed by atoms with Crippen molar-refractivity contribution in [1.82, 2.24) is 15.3 Å². The van der Waals surface area contributed by atoms with E-state index in [2.05, 4.69) is 34.0 Å². The summed E-state index contributed by atoms with van der Waals surface area (Å²) in [6.45, 7) is 7.44. The molecule has 5 nitrogen and oxygen atoms in total. The van der Waals surface area contributed by atoms with E-state index in [9.17, 15) is 0 Å². The van der Waals surface area contributed by atoms with E-state index in [-0.39, 0.29) is 0 Å². The van der Waals surface area contributed by atoms with Crippen molar-refractivity contribution in [1.29, 1.82) is 0 Å². The number of piperidine rings is 1. The van der Waals surface area contributed by atoms with Crippen LogP contribution in [0.1, 0.15) is 26.7 Å². The molecule has 0 spiro atoms. The second-order valence-corrected chi connectivity index (χ2v) is 5.89. The van der Waals surface area contributed by atoms with Crippen molar-refractivity contribution in [2.24, 2.45) is 5.92 Å². The predicted octanol–water partition coefficient (Wildman–Crippen LogP) is 2.35. The Labute approximate surface area is 125 Å². The number of rotatable bonds is 5. The zero-order valence-electron chi connectivity index (χ0n) is 12.4. The van der Waals surface area contributed by atoms with Crippen LogP contribution in [0.2, 0.25) is 5.02 Å². The summed E-state index contributed by atoms with van der Waals surface area (Å²) in [6.07, 6.45) is 4.09. The monoisotopic (exact) mass is 298 g/mol. The lowest BCUT2D eigenvalue weighted by molar-refractivity contribution is 0.365. The highest BCUT2D eigenvalue weighted by atomic mass is 35.5. The third-order valence-corrected chi connectivity index (χ3v) is 3.90. The standard InChI is InChI=1S/C14H23ClN4O/c1-10(2)19(9-11-5-4-6-16-7-11)13-12(15)8-17-14(18-13)20-3/h8,10-11,16H,4-7,9H2,1-3H3. The van der Waals surface area contributed by atoms with Crippen molar-refractivity contribution < 1.29 is 4.74 Å². The van der Waals surface area contributed by atoms with Gasteiger partial charge in [-0.1, -0.05) is 11.6 Å². The van der Waals surface area contributed by atoms with Crippen LogP contribution in [0.15, 0.2) is 6.20 Å². The minimum Gasteiger partial charge on any atom is -0.467 e.